The molecule has 0 amide bonds. The standard InChI is InChI=1S/C18H17FN4O/c1-11-3-5-14(17(19)7-11)16-10-23(9-15(16)12(2)24)18-6-4-13(8-20)21-22-18/h3-7,15-16H,9-10H2,1-2H3/t15-,16-/m0/s1. The summed E-state index contributed by atoms with van der Waals surface area (Å²) in [7, 11) is 0. The van der Waals surface area contributed by atoms with Gasteiger partial charge < -0.3 is 4.90 Å². The molecule has 1 saturated heterocycles. The predicted molar refractivity (Wildman–Crippen MR) is 87.0 cm³/mol. The Morgan fingerprint density at radius 1 is 1.29 bits per heavy atom. The quantitative estimate of drug-likeness (QED) is 0.868. The molecule has 1 aliphatic rings. The summed E-state index contributed by atoms with van der Waals surface area (Å²) in [4.78, 5) is 14.0. The van der Waals surface area contributed by atoms with Gasteiger partial charge in [0.15, 0.2) is 11.5 Å². The molecule has 2 heterocycles. The van der Waals surface area contributed by atoms with Gasteiger partial charge in [-0.2, -0.15) is 5.26 Å². The molecule has 24 heavy (non-hydrogen) atoms. The Labute approximate surface area is 139 Å². The third-order valence-corrected chi connectivity index (χ3v) is 4.49. The van der Waals surface area contributed by atoms with Crippen LogP contribution in [0.3, 0.4) is 0 Å². The summed E-state index contributed by atoms with van der Waals surface area (Å²) >= 11 is 0. The van der Waals surface area contributed by atoms with Gasteiger partial charge in [0.05, 0.1) is 0 Å². The summed E-state index contributed by atoms with van der Waals surface area (Å²) in [6.45, 7) is 4.33. The molecule has 0 radical (unpaired) electrons. The highest BCUT2D eigenvalue weighted by molar-refractivity contribution is 5.81. The molecule has 2 aromatic rings. The Bertz CT molecular complexity index is 813. The van der Waals surface area contributed by atoms with Crippen molar-refractivity contribution in [3.05, 3.63) is 53.0 Å². The minimum absolute atomic E-state index is 0.0316. The highest BCUT2D eigenvalue weighted by Crippen LogP contribution is 2.36. The Morgan fingerprint density at radius 3 is 2.67 bits per heavy atom. The van der Waals surface area contributed by atoms with Gasteiger partial charge in [0.2, 0.25) is 0 Å². The molecule has 1 aromatic heterocycles. The molecule has 6 heteroatoms. The van der Waals surface area contributed by atoms with Gasteiger partial charge in [-0.05, 0) is 43.2 Å². The molecular formula is C18H17FN4O. The van der Waals surface area contributed by atoms with Crippen LogP contribution in [0.1, 0.15) is 29.7 Å². The number of rotatable bonds is 3. The molecule has 1 aromatic carbocycles. The lowest BCUT2D eigenvalue weighted by Crippen LogP contribution is -2.23. The first kappa shape index (κ1) is 16.1. The zero-order valence-electron chi connectivity index (χ0n) is 13.5. The molecule has 0 saturated carbocycles. The fraction of sp³-hybridized carbons (Fsp3) is 0.333. The number of Topliss-reactive ketones (excluding diaryl/α,β-unsaturated/α-hetero) is 1. The van der Waals surface area contributed by atoms with Crippen molar-refractivity contribution in [2.75, 3.05) is 18.0 Å². The van der Waals surface area contributed by atoms with E-state index in [0.717, 1.165) is 5.56 Å². The van der Waals surface area contributed by atoms with E-state index in [0.29, 0.717) is 24.5 Å². The van der Waals surface area contributed by atoms with E-state index < -0.39 is 0 Å². The van der Waals surface area contributed by atoms with Crippen LogP contribution in [-0.2, 0) is 4.79 Å². The Hall–Kier alpha value is -2.81. The molecule has 122 valence electrons. The van der Waals surface area contributed by atoms with Crippen LogP contribution in [0, 0.1) is 30.0 Å². The van der Waals surface area contributed by atoms with Crippen LogP contribution in [-0.4, -0.2) is 29.1 Å². The largest absolute Gasteiger partial charge is 0.354 e. The first-order chi connectivity index (χ1) is 11.5. The molecule has 0 N–H and O–H groups in total. The Kier molecular flexibility index (Phi) is 4.26. The lowest BCUT2D eigenvalue weighted by Gasteiger charge is -2.17. The van der Waals surface area contributed by atoms with E-state index in [1.165, 1.54) is 13.0 Å². The third-order valence-electron chi connectivity index (χ3n) is 4.49. The third kappa shape index (κ3) is 2.98. The van der Waals surface area contributed by atoms with Gasteiger partial charge in [-0.15, -0.1) is 10.2 Å². The number of nitriles is 1. The van der Waals surface area contributed by atoms with Crippen LogP contribution in [0.5, 0.6) is 0 Å². The number of aryl methyl sites for hydroxylation is 1. The highest BCUT2D eigenvalue weighted by Gasteiger charge is 2.38. The lowest BCUT2D eigenvalue weighted by atomic mass is 9.86. The maximum Gasteiger partial charge on any atom is 0.163 e. The zero-order valence-corrected chi connectivity index (χ0v) is 13.5. The summed E-state index contributed by atoms with van der Waals surface area (Å²) < 4.78 is 14.4. The average molecular weight is 324 g/mol. The van der Waals surface area contributed by atoms with Crippen LogP contribution >= 0.6 is 0 Å². The molecule has 1 aliphatic heterocycles. The van der Waals surface area contributed by atoms with Gasteiger partial charge in [-0.3, -0.25) is 4.79 Å². The molecular weight excluding hydrogens is 307 g/mol. The summed E-state index contributed by atoms with van der Waals surface area (Å²) in [5, 5.41) is 16.7. The molecule has 0 spiro atoms. The lowest BCUT2D eigenvalue weighted by molar-refractivity contribution is -0.120. The maximum atomic E-state index is 14.4. The first-order valence-corrected chi connectivity index (χ1v) is 7.75. The normalized spacial score (nSPS) is 20.0. The fourth-order valence-electron chi connectivity index (χ4n) is 3.20. The van der Waals surface area contributed by atoms with E-state index in [1.54, 1.807) is 18.2 Å². The molecule has 1 fully saturated rings. The second-order valence-electron chi connectivity index (χ2n) is 6.14. The van der Waals surface area contributed by atoms with E-state index in [4.69, 9.17) is 5.26 Å². The molecule has 0 aliphatic carbocycles. The van der Waals surface area contributed by atoms with Crippen molar-refractivity contribution in [1.29, 1.82) is 5.26 Å². The second-order valence-corrected chi connectivity index (χ2v) is 6.14. The van der Waals surface area contributed by atoms with Gasteiger partial charge in [-0.25, -0.2) is 4.39 Å². The van der Waals surface area contributed by atoms with E-state index in [2.05, 4.69) is 10.2 Å². The first-order valence-electron chi connectivity index (χ1n) is 7.75. The molecule has 2 atom stereocenters. The summed E-state index contributed by atoms with van der Waals surface area (Å²) in [6.07, 6.45) is 0. The summed E-state index contributed by atoms with van der Waals surface area (Å²) in [5.74, 6) is -0.168. The van der Waals surface area contributed by atoms with Gasteiger partial charge in [0.1, 0.15) is 17.7 Å². The zero-order chi connectivity index (χ0) is 17.3. The van der Waals surface area contributed by atoms with E-state index in [9.17, 15) is 9.18 Å². The van der Waals surface area contributed by atoms with Crippen molar-refractivity contribution >= 4 is 11.6 Å². The minimum atomic E-state index is -0.292. The number of hydrogen-bond acceptors (Lipinski definition) is 5. The number of carbonyl (C=O) groups is 1. The highest BCUT2D eigenvalue weighted by atomic mass is 19.1. The average Bonchev–Trinajstić information content (AvgIpc) is 3.00. The smallest absolute Gasteiger partial charge is 0.163 e. The number of nitrogens with zero attached hydrogens (tertiary/aromatic N) is 4. The number of anilines is 1. The van der Waals surface area contributed by atoms with Crippen LogP contribution < -0.4 is 4.90 Å². The van der Waals surface area contributed by atoms with Crippen LogP contribution in [0.15, 0.2) is 30.3 Å². The number of hydrogen-bond donors (Lipinski definition) is 0. The van der Waals surface area contributed by atoms with Gasteiger partial charge in [0, 0.05) is 24.9 Å². The van der Waals surface area contributed by atoms with E-state index >= 15 is 0 Å². The Morgan fingerprint density at radius 2 is 2.08 bits per heavy atom. The van der Waals surface area contributed by atoms with E-state index in [1.807, 2.05) is 24.0 Å². The molecule has 3 rings (SSSR count). The topological polar surface area (TPSA) is 69.9 Å². The number of ketones is 1. The van der Waals surface area contributed by atoms with Crippen LogP contribution in [0.25, 0.3) is 0 Å². The SMILES string of the molecule is CC(=O)[C@@H]1CN(c2ccc(C#N)nn2)C[C@H]1c1ccc(C)cc1F. The van der Waals surface area contributed by atoms with Crippen molar-refractivity contribution in [3.63, 3.8) is 0 Å². The molecule has 0 bridgehead atoms. The molecule has 5 nitrogen and oxygen atoms in total. The van der Waals surface area contributed by atoms with Crippen LogP contribution in [0.2, 0.25) is 0 Å². The van der Waals surface area contributed by atoms with Gasteiger partial charge in [-0.1, -0.05) is 12.1 Å². The van der Waals surface area contributed by atoms with Gasteiger partial charge in [0.25, 0.3) is 0 Å². The van der Waals surface area contributed by atoms with E-state index in [-0.39, 0.29) is 29.1 Å². The number of benzene rings is 1. The van der Waals surface area contributed by atoms with Gasteiger partial charge >= 0.3 is 0 Å². The number of carbonyl (C=O) groups excluding carboxylic acids is 1. The van der Waals surface area contributed by atoms with Crippen molar-refractivity contribution in [1.82, 2.24) is 10.2 Å². The van der Waals surface area contributed by atoms with Crippen molar-refractivity contribution in [2.45, 2.75) is 19.8 Å². The number of aromatic nitrogens is 2. The molecule has 0 unspecified atom stereocenters. The van der Waals surface area contributed by atoms with Crippen molar-refractivity contribution < 1.29 is 9.18 Å². The maximum absolute atomic E-state index is 14.4. The van der Waals surface area contributed by atoms with Crippen LogP contribution in [0.4, 0.5) is 10.2 Å². The van der Waals surface area contributed by atoms with Crippen molar-refractivity contribution in [3.8, 4) is 6.07 Å². The van der Waals surface area contributed by atoms with Crippen molar-refractivity contribution in [2.24, 2.45) is 5.92 Å². The minimum Gasteiger partial charge on any atom is -0.354 e. The fourth-order valence-corrected chi connectivity index (χ4v) is 3.20. The summed E-state index contributed by atoms with van der Waals surface area (Å²) in [6, 6.07) is 10.3. The summed E-state index contributed by atoms with van der Waals surface area (Å²) in [5.41, 5.74) is 1.65. The second kappa shape index (κ2) is 6.36. The number of halogens is 1. The monoisotopic (exact) mass is 324 g/mol. The predicted octanol–water partition coefficient (Wildman–Crippen LogP) is 2.60. The Balaban J connectivity index is 1.91.